The maximum atomic E-state index is 12.8. The van der Waals surface area contributed by atoms with E-state index in [1.807, 2.05) is 21.1 Å². The molecule has 0 aromatic rings. The van der Waals surface area contributed by atoms with Crippen LogP contribution in [0.5, 0.6) is 0 Å². The number of aliphatic carboxylic acids is 1. The average Bonchev–Trinajstić information content (AvgIpc) is 3.34. The molecule has 2 atom stereocenters. The molecule has 0 aromatic heterocycles. The van der Waals surface area contributed by atoms with Crippen molar-refractivity contribution in [2.75, 3.05) is 47.5 Å². The number of ether oxygens (including phenoxy) is 4. The Labute approximate surface area is 437 Å². The standard InChI is InChI=1S/C62H111NO8/c1-6-8-10-12-14-16-18-20-22-24-25-26-27-28-29-30-31-32-33-34-35-37-38-40-42-44-46-48-50-52-59(64)69-56-58(57-70-62(61(66)67)68-55-54-63(3,4)5)71-60(65)53-51-49-47-45-43-41-39-36-23-21-19-17-15-13-11-9-7-2/h9,11,15,17,21,23,39,41,45,47,58,62H,6-8,10,12-14,16,18-20,22,24-38,40,42-44,46,48-57H2,1-5H3/b11-9-,17-15-,23-21-,41-39-,47-45-. The summed E-state index contributed by atoms with van der Waals surface area (Å²) in [6, 6.07) is 0. The first kappa shape index (κ1) is 68.0. The molecule has 2 unspecified atom stereocenters. The first-order chi connectivity index (χ1) is 34.6. The molecule has 0 radical (unpaired) electrons. The van der Waals surface area contributed by atoms with Gasteiger partial charge in [0.05, 0.1) is 40.3 Å². The normalized spacial score (nSPS) is 13.2. The molecule has 0 N–H and O–H groups in total. The summed E-state index contributed by atoms with van der Waals surface area (Å²) in [7, 11) is 5.90. The summed E-state index contributed by atoms with van der Waals surface area (Å²) in [5, 5.41) is 11.8. The number of likely N-dealkylation sites (N-methyl/N-ethyl adjacent to an activating group) is 1. The summed E-state index contributed by atoms with van der Waals surface area (Å²) in [6.45, 7) is 4.59. The van der Waals surface area contributed by atoms with Crippen molar-refractivity contribution in [2.45, 2.75) is 270 Å². The van der Waals surface area contributed by atoms with Gasteiger partial charge in [0, 0.05) is 12.8 Å². The summed E-state index contributed by atoms with van der Waals surface area (Å²) < 4.78 is 22.6. The lowest BCUT2D eigenvalue weighted by Crippen LogP contribution is -2.44. The molecule has 0 fully saturated rings. The maximum absolute atomic E-state index is 12.8. The Kier molecular flexibility index (Phi) is 51.0. The molecule has 0 aromatic carbocycles. The Bertz CT molecular complexity index is 1350. The predicted octanol–water partition coefficient (Wildman–Crippen LogP) is 15.9. The monoisotopic (exact) mass is 998 g/mol. The Morgan fingerprint density at radius 1 is 0.437 bits per heavy atom. The van der Waals surface area contributed by atoms with Crippen molar-refractivity contribution in [2.24, 2.45) is 0 Å². The largest absolute Gasteiger partial charge is 0.545 e. The number of carboxylic acid groups (broad SMARTS) is 1. The van der Waals surface area contributed by atoms with Gasteiger partial charge >= 0.3 is 11.9 Å². The summed E-state index contributed by atoms with van der Waals surface area (Å²) in [5.74, 6) is -2.36. The van der Waals surface area contributed by atoms with Crippen molar-refractivity contribution in [1.82, 2.24) is 0 Å². The number of unbranched alkanes of at least 4 members (excludes halogenated alkanes) is 29. The number of allylic oxidation sites excluding steroid dienone is 10. The summed E-state index contributed by atoms with van der Waals surface area (Å²) in [6.07, 6.45) is 64.4. The third-order valence-corrected chi connectivity index (χ3v) is 12.8. The SMILES string of the molecule is CC/C=C\C/C=C\C/C=C\C/C=C\C/C=C\CCCC(=O)OC(COC(=O)CCCCCCCCCCCCCCCCCCCCCCCCCCCCCCC)COC(OCC[N+](C)(C)C)C(=O)[O-]. The van der Waals surface area contributed by atoms with Crippen LogP contribution in [0.4, 0.5) is 0 Å². The van der Waals surface area contributed by atoms with Crippen LogP contribution in [0.1, 0.15) is 258 Å². The van der Waals surface area contributed by atoms with Gasteiger partial charge in [-0.05, 0) is 51.4 Å². The van der Waals surface area contributed by atoms with Crippen LogP contribution in [-0.4, -0.2) is 82.3 Å². The van der Waals surface area contributed by atoms with Crippen LogP contribution in [0.2, 0.25) is 0 Å². The molecular weight excluding hydrogens is 887 g/mol. The highest BCUT2D eigenvalue weighted by Crippen LogP contribution is 2.17. The number of rotatable bonds is 54. The van der Waals surface area contributed by atoms with E-state index in [4.69, 9.17) is 18.9 Å². The molecule has 0 bridgehead atoms. The fourth-order valence-electron chi connectivity index (χ4n) is 8.28. The second-order valence-electron chi connectivity index (χ2n) is 20.9. The highest BCUT2D eigenvalue weighted by atomic mass is 16.7. The van der Waals surface area contributed by atoms with E-state index in [2.05, 4.69) is 74.6 Å². The highest BCUT2D eigenvalue weighted by Gasteiger charge is 2.22. The van der Waals surface area contributed by atoms with Crippen molar-refractivity contribution in [3.8, 4) is 0 Å². The zero-order chi connectivity index (χ0) is 52.0. The van der Waals surface area contributed by atoms with Gasteiger partial charge in [-0.15, -0.1) is 0 Å². The van der Waals surface area contributed by atoms with Crippen LogP contribution in [0.15, 0.2) is 60.8 Å². The molecule has 0 aliphatic carbocycles. The molecule has 0 aliphatic heterocycles. The van der Waals surface area contributed by atoms with Gasteiger partial charge in [0.15, 0.2) is 12.4 Å². The molecule has 9 heteroatoms. The molecule has 71 heavy (non-hydrogen) atoms. The minimum absolute atomic E-state index is 0.136. The molecule has 0 saturated heterocycles. The van der Waals surface area contributed by atoms with Crippen molar-refractivity contribution < 1.29 is 42.9 Å². The molecule has 9 nitrogen and oxygen atoms in total. The Balaban J connectivity index is 4.18. The quantitative estimate of drug-likeness (QED) is 0.0195. The van der Waals surface area contributed by atoms with Crippen molar-refractivity contribution in [3.63, 3.8) is 0 Å². The minimum Gasteiger partial charge on any atom is -0.545 e. The Hall–Kier alpha value is -3.01. The molecule has 0 rings (SSSR count). The van der Waals surface area contributed by atoms with E-state index in [1.54, 1.807) is 0 Å². The van der Waals surface area contributed by atoms with E-state index in [9.17, 15) is 19.5 Å². The Morgan fingerprint density at radius 2 is 0.803 bits per heavy atom. The first-order valence-electron chi connectivity index (χ1n) is 29.4. The van der Waals surface area contributed by atoms with E-state index in [0.717, 1.165) is 51.4 Å². The van der Waals surface area contributed by atoms with E-state index in [0.29, 0.717) is 23.9 Å². The second kappa shape index (κ2) is 53.3. The smallest absolute Gasteiger partial charge is 0.306 e. The predicted molar refractivity (Wildman–Crippen MR) is 297 cm³/mol. The summed E-state index contributed by atoms with van der Waals surface area (Å²) in [4.78, 5) is 37.2. The molecule has 412 valence electrons. The van der Waals surface area contributed by atoms with Gasteiger partial charge in [-0.1, -0.05) is 254 Å². The van der Waals surface area contributed by atoms with Gasteiger partial charge in [0.2, 0.25) is 0 Å². The first-order valence-corrected chi connectivity index (χ1v) is 29.4. The number of quaternary nitrogens is 1. The van der Waals surface area contributed by atoms with E-state index in [1.165, 1.54) is 167 Å². The third-order valence-electron chi connectivity index (χ3n) is 12.8. The highest BCUT2D eigenvalue weighted by molar-refractivity contribution is 5.70. The van der Waals surface area contributed by atoms with E-state index in [-0.39, 0.29) is 38.6 Å². The fourth-order valence-corrected chi connectivity index (χ4v) is 8.28. The molecule has 0 heterocycles. The van der Waals surface area contributed by atoms with Crippen LogP contribution < -0.4 is 5.11 Å². The average molecular weight is 999 g/mol. The topological polar surface area (TPSA) is 111 Å². The van der Waals surface area contributed by atoms with Gasteiger partial charge < -0.3 is 33.3 Å². The zero-order valence-corrected chi connectivity index (χ0v) is 46.8. The van der Waals surface area contributed by atoms with E-state index < -0.39 is 24.3 Å². The Morgan fingerprint density at radius 3 is 1.18 bits per heavy atom. The molecule has 0 amide bonds. The lowest BCUT2D eigenvalue weighted by molar-refractivity contribution is -0.870. The second-order valence-corrected chi connectivity index (χ2v) is 20.9. The minimum atomic E-state index is -1.64. The summed E-state index contributed by atoms with van der Waals surface area (Å²) >= 11 is 0. The number of hydrogen-bond acceptors (Lipinski definition) is 8. The number of carboxylic acids is 1. The number of esters is 2. The molecular formula is C62H111NO8. The molecule has 0 saturated carbocycles. The van der Waals surface area contributed by atoms with Gasteiger partial charge in [-0.3, -0.25) is 9.59 Å². The third kappa shape index (κ3) is 54.6. The zero-order valence-electron chi connectivity index (χ0n) is 46.8. The van der Waals surface area contributed by atoms with E-state index >= 15 is 0 Å². The number of carbonyl (C=O) groups excluding carboxylic acids is 3. The lowest BCUT2D eigenvalue weighted by atomic mass is 10.0. The van der Waals surface area contributed by atoms with Gasteiger partial charge in [-0.2, -0.15) is 0 Å². The number of hydrogen-bond donors (Lipinski definition) is 0. The van der Waals surface area contributed by atoms with Gasteiger partial charge in [0.25, 0.3) is 0 Å². The van der Waals surface area contributed by atoms with Gasteiger partial charge in [-0.25, -0.2) is 0 Å². The van der Waals surface area contributed by atoms with Crippen molar-refractivity contribution >= 4 is 17.9 Å². The molecule has 0 aliphatic rings. The van der Waals surface area contributed by atoms with Crippen LogP contribution in [-0.2, 0) is 33.3 Å². The summed E-state index contributed by atoms with van der Waals surface area (Å²) in [5.41, 5.74) is 0. The number of carbonyl (C=O) groups is 3. The molecule has 0 spiro atoms. The maximum Gasteiger partial charge on any atom is 0.306 e. The van der Waals surface area contributed by atoms with Crippen LogP contribution in [0.3, 0.4) is 0 Å². The lowest BCUT2D eigenvalue weighted by Gasteiger charge is -2.26. The van der Waals surface area contributed by atoms with Crippen molar-refractivity contribution in [3.05, 3.63) is 60.8 Å². The number of nitrogens with zero attached hydrogens (tertiary/aromatic N) is 1. The van der Waals surface area contributed by atoms with Crippen LogP contribution in [0, 0.1) is 0 Å². The van der Waals surface area contributed by atoms with Crippen LogP contribution in [0.25, 0.3) is 0 Å². The fraction of sp³-hybridized carbons (Fsp3) is 0.790. The van der Waals surface area contributed by atoms with Crippen molar-refractivity contribution in [1.29, 1.82) is 0 Å². The van der Waals surface area contributed by atoms with Crippen LogP contribution >= 0.6 is 0 Å². The van der Waals surface area contributed by atoms with Gasteiger partial charge in [0.1, 0.15) is 13.2 Å².